The van der Waals surface area contributed by atoms with Gasteiger partial charge in [0.05, 0.1) is 0 Å². The van der Waals surface area contributed by atoms with Crippen LogP contribution in [0.4, 0.5) is 5.69 Å². The maximum Gasteiger partial charge on any atom is 0.326 e. The SMILES string of the molecule is CC(C)c1ccc(N(C)[C@@H](C)C(=O)O)cc1. The van der Waals surface area contributed by atoms with E-state index >= 15 is 0 Å². The van der Waals surface area contributed by atoms with Gasteiger partial charge in [-0.05, 0) is 30.5 Å². The van der Waals surface area contributed by atoms with Crippen LogP contribution in [0.2, 0.25) is 0 Å². The quantitative estimate of drug-likeness (QED) is 0.849. The summed E-state index contributed by atoms with van der Waals surface area (Å²) < 4.78 is 0. The predicted molar refractivity (Wildman–Crippen MR) is 66.0 cm³/mol. The van der Waals surface area contributed by atoms with Crippen molar-refractivity contribution >= 4 is 11.7 Å². The minimum atomic E-state index is -0.810. The Morgan fingerprint density at radius 2 is 1.69 bits per heavy atom. The van der Waals surface area contributed by atoms with Crippen LogP contribution in [0.1, 0.15) is 32.3 Å². The number of carbonyl (C=O) groups is 1. The van der Waals surface area contributed by atoms with Gasteiger partial charge in [-0.25, -0.2) is 4.79 Å². The Labute approximate surface area is 96.7 Å². The van der Waals surface area contributed by atoms with Crippen LogP contribution in [-0.2, 0) is 4.79 Å². The summed E-state index contributed by atoms with van der Waals surface area (Å²) in [4.78, 5) is 12.6. The molecule has 0 aromatic heterocycles. The van der Waals surface area contributed by atoms with Gasteiger partial charge in [-0.2, -0.15) is 0 Å². The van der Waals surface area contributed by atoms with E-state index in [0.29, 0.717) is 5.92 Å². The Morgan fingerprint density at radius 3 is 2.06 bits per heavy atom. The van der Waals surface area contributed by atoms with Gasteiger partial charge in [0.1, 0.15) is 6.04 Å². The lowest BCUT2D eigenvalue weighted by Crippen LogP contribution is -2.35. The molecule has 0 heterocycles. The molecule has 3 heteroatoms. The molecule has 0 unspecified atom stereocenters. The number of hydrogen-bond acceptors (Lipinski definition) is 2. The van der Waals surface area contributed by atoms with Crippen molar-refractivity contribution in [3.05, 3.63) is 29.8 Å². The molecule has 0 spiro atoms. The van der Waals surface area contributed by atoms with Crippen molar-refractivity contribution in [2.45, 2.75) is 32.7 Å². The van der Waals surface area contributed by atoms with E-state index in [1.54, 1.807) is 18.9 Å². The molecule has 0 aliphatic rings. The number of nitrogens with zero attached hydrogens (tertiary/aromatic N) is 1. The lowest BCUT2D eigenvalue weighted by molar-refractivity contribution is -0.138. The first kappa shape index (κ1) is 12.6. The Bertz CT molecular complexity index is 357. The average Bonchev–Trinajstić information content (AvgIpc) is 2.27. The molecular formula is C13H19NO2. The van der Waals surface area contributed by atoms with E-state index in [4.69, 9.17) is 5.11 Å². The monoisotopic (exact) mass is 221 g/mol. The van der Waals surface area contributed by atoms with E-state index in [2.05, 4.69) is 13.8 Å². The number of hydrogen-bond donors (Lipinski definition) is 1. The molecule has 0 bridgehead atoms. The Balaban J connectivity index is 2.85. The van der Waals surface area contributed by atoms with Crippen LogP contribution >= 0.6 is 0 Å². The topological polar surface area (TPSA) is 40.5 Å². The van der Waals surface area contributed by atoms with Crippen molar-refractivity contribution in [2.75, 3.05) is 11.9 Å². The van der Waals surface area contributed by atoms with Gasteiger partial charge in [-0.3, -0.25) is 0 Å². The van der Waals surface area contributed by atoms with Gasteiger partial charge in [0.15, 0.2) is 0 Å². The number of rotatable bonds is 4. The standard InChI is InChI=1S/C13H19NO2/c1-9(2)11-5-7-12(8-6-11)14(4)10(3)13(15)16/h5-10H,1-4H3,(H,15,16)/t10-/m0/s1. The zero-order valence-electron chi connectivity index (χ0n) is 10.3. The maximum absolute atomic E-state index is 10.8. The third kappa shape index (κ3) is 2.75. The highest BCUT2D eigenvalue weighted by atomic mass is 16.4. The molecule has 0 saturated heterocycles. The van der Waals surface area contributed by atoms with Crippen molar-refractivity contribution < 1.29 is 9.90 Å². The molecule has 0 amide bonds. The molecular weight excluding hydrogens is 202 g/mol. The van der Waals surface area contributed by atoms with Crippen molar-refractivity contribution in [3.63, 3.8) is 0 Å². The molecule has 1 N–H and O–H groups in total. The van der Waals surface area contributed by atoms with Gasteiger partial charge in [0.25, 0.3) is 0 Å². The third-order valence-electron chi connectivity index (χ3n) is 2.91. The van der Waals surface area contributed by atoms with E-state index in [0.717, 1.165) is 5.69 Å². The highest BCUT2D eigenvalue weighted by Gasteiger charge is 2.16. The molecule has 0 fully saturated rings. The number of benzene rings is 1. The molecule has 1 aromatic carbocycles. The van der Waals surface area contributed by atoms with Crippen molar-refractivity contribution in [3.8, 4) is 0 Å². The summed E-state index contributed by atoms with van der Waals surface area (Å²) in [5.41, 5.74) is 2.19. The summed E-state index contributed by atoms with van der Waals surface area (Å²) in [5, 5.41) is 8.91. The number of carboxylic acid groups (broad SMARTS) is 1. The fraction of sp³-hybridized carbons (Fsp3) is 0.462. The zero-order valence-corrected chi connectivity index (χ0v) is 10.3. The minimum Gasteiger partial charge on any atom is -0.480 e. The smallest absolute Gasteiger partial charge is 0.326 e. The van der Waals surface area contributed by atoms with Crippen LogP contribution in [0.3, 0.4) is 0 Å². The fourth-order valence-corrected chi connectivity index (χ4v) is 1.48. The molecule has 0 aliphatic heterocycles. The van der Waals surface area contributed by atoms with E-state index in [-0.39, 0.29) is 0 Å². The van der Waals surface area contributed by atoms with E-state index in [9.17, 15) is 4.79 Å². The maximum atomic E-state index is 10.8. The number of carboxylic acids is 1. The first-order valence-electron chi connectivity index (χ1n) is 5.49. The summed E-state index contributed by atoms with van der Waals surface area (Å²) in [6, 6.07) is 7.52. The molecule has 0 aliphatic carbocycles. The van der Waals surface area contributed by atoms with Gasteiger partial charge in [-0.15, -0.1) is 0 Å². The second kappa shape index (κ2) is 5.01. The van der Waals surface area contributed by atoms with Gasteiger partial charge in [0, 0.05) is 12.7 Å². The third-order valence-corrected chi connectivity index (χ3v) is 2.91. The van der Waals surface area contributed by atoms with E-state index in [1.165, 1.54) is 5.56 Å². The van der Waals surface area contributed by atoms with Gasteiger partial charge < -0.3 is 10.0 Å². The first-order valence-corrected chi connectivity index (χ1v) is 5.49. The molecule has 3 nitrogen and oxygen atoms in total. The Kier molecular flexibility index (Phi) is 3.93. The highest BCUT2D eigenvalue weighted by Crippen LogP contribution is 2.20. The molecule has 16 heavy (non-hydrogen) atoms. The molecule has 1 atom stereocenters. The minimum absolute atomic E-state index is 0.497. The molecule has 88 valence electrons. The molecule has 0 radical (unpaired) electrons. The van der Waals surface area contributed by atoms with Crippen molar-refractivity contribution in [2.24, 2.45) is 0 Å². The summed E-state index contributed by atoms with van der Waals surface area (Å²) in [6.07, 6.45) is 0. The van der Waals surface area contributed by atoms with Crippen LogP contribution in [0.25, 0.3) is 0 Å². The highest BCUT2D eigenvalue weighted by molar-refractivity contribution is 5.77. The lowest BCUT2D eigenvalue weighted by atomic mass is 10.0. The van der Waals surface area contributed by atoms with Crippen molar-refractivity contribution in [1.82, 2.24) is 0 Å². The van der Waals surface area contributed by atoms with Crippen LogP contribution in [0, 0.1) is 0 Å². The van der Waals surface area contributed by atoms with Gasteiger partial charge in [-0.1, -0.05) is 26.0 Å². The van der Waals surface area contributed by atoms with E-state index in [1.807, 2.05) is 24.3 Å². The van der Waals surface area contributed by atoms with Gasteiger partial charge in [0.2, 0.25) is 0 Å². The van der Waals surface area contributed by atoms with Crippen molar-refractivity contribution in [1.29, 1.82) is 0 Å². The van der Waals surface area contributed by atoms with Crippen LogP contribution in [-0.4, -0.2) is 24.2 Å². The fourth-order valence-electron chi connectivity index (χ4n) is 1.48. The summed E-state index contributed by atoms with van der Waals surface area (Å²) in [5.74, 6) is -0.313. The summed E-state index contributed by atoms with van der Waals surface area (Å²) in [6.45, 7) is 5.95. The number of anilines is 1. The lowest BCUT2D eigenvalue weighted by Gasteiger charge is -2.24. The zero-order chi connectivity index (χ0) is 12.3. The van der Waals surface area contributed by atoms with Crippen LogP contribution < -0.4 is 4.90 Å². The second-order valence-corrected chi connectivity index (χ2v) is 4.37. The van der Waals surface area contributed by atoms with Gasteiger partial charge >= 0.3 is 5.97 Å². The predicted octanol–water partition coefficient (Wildman–Crippen LogP) is 2.72. The van der Waals surface area contributed by atoms with E-state index < -0.39 is 12.0 Å². The second-order valence-electron chi connectivity index (χ2n) is 4.37. The number of aliphatic carboxylic acids is 1. The molecule has 1 rings (SSSR count). The van der Waals surface area contributed by atoms with Crippen LogP contribution in [0.5, 0.6) is 0 Å². The molecule has 1 aromatic rings. The Morgan fingerprint density at radius 1 is 1.19 bits per heavy atom. The normalized spacial score (nSPS) is 12.6. The summed E-state index contributed by atoms with van der Waals surface area (Å²) in [7, 11) is 1.79. The first-order chi connectivity index (χ1) is 7.43. The summed E-state index contributed by atoms with van der Waals surface area (Å²) >= 11 is 0. The average molecular weight is 221 g/mol. The Hall–Kier alpha value is -1.51. The molecule has 0 saturated carbocycles. The van der Waals surface area contributed by atoms with Crippen LogP contribution in [0.15, 0.2) is 24.3 Å². The number of likely N-dealkylation sites (N-methyl/N-ethyl adjacent to an activating group) is 1. The largest absolute Gasteiger partial charge is 0.480 e.